The number of rotatable bonds is 6. The normalized spacial score (nSPS) is 23.1. The summed E-state index contributed by atoms with van der Waals surface area (Å²) in [5.41, 5.74) is 1.92. The maximum atomic E-state index is 15.5. The number of halogens is 2. The lowest BCUT2D eigenvalue weighted by Gasteiger charge is -2.32. The van der Waals surface area contributed by atoms with Crippen LogP contribution in [0.25, 0.3) is 27.9 Å². The highest BCUT2D eigenvalue weighted by Gasteiger charge is 2.30. The van der Waals surface area contributed by atoms with Gasteiger partial charge < -0.3 is 19.7 Å². The number of hydrogen-bond acceptors (Lipinski definition) is 7. The van der Waals surface area contributed by atoms with E-state index in [1.54, 1.807) is 23.3 Å². The second-order valence-electron chi connectivity index (χ2n) is 10.3. The summed E-state index contributed by atoms with van der Waals surface area (Å²) in [4.78, 5) is 19.3. The van der Waals surface area contributed by atoms with Crippen LogP contribution in [-0.2, 0) is 4.74 Å². The molecule has 2 aliphatic heterocycles. The van der Waals surface area contributed by atoms with Gasteiger partial charge in [-0.2, -0.15) is 15.2 Å². The smallest absolute Gasteiger partial charge is 0.251 e. The van der Waals surface area contributed by atoms with Crippen LogP contribution in [0, 0.1) is 12.7 Å². The number of amides is 1. The van der Waals surface area contributed by atoms with Crippen LogP contribution in [0.2, 0.25) is 0 Å². The summed E-state index contributed by atoms with van der Waals surface area (Å²) >= 11 is 0. The highest BCUT2D eigenvalue weighted by Crippen LogP contribution is 2.36. The van der Waals surface area contributed by atoms with E-state index >= 15 is 4.39 Å². The Labute approximate surface area is 234 Å². The number of alkyl halides is 1. The van der Waals surface area contributed by atoms with Crippen molar-refractivity contribution in [2.24, 2.45) is 0 Å². The van der Waals surface area contributed by atoms with Crippen LogP contribution < -0.4 is 10.1 Å². The molecule has 2 fully saturated rings. The van der Waals surface area contributed by atoms with Crippen LogP contribution in [0.15, 0.2) is 36.9 Å². The third-order valence-electron chi connectivity index (χ3n) is 7.51. The van der Waals surface area contributed by atoms with Crippen LogP contribution in [0.1, 0.15) is 38.9 Å². The summed E-state index contributed by atoms with van der Waals surface area (Å²) in [5.74, 6) is -1.21. The Kier molecular flexibility index (Phi) is 6.05. The van der Waals surface area contributed by atoms with Crippen molar-refractivity contribution in [3.8, 4) is 28.1 Å². The maximum absolute atomic E-state index is 15.5. The van der Waals surface area contributed by atoms with E-state index in [1.807, 2.05) is 17.3 Å². The Morgan fingerprint density at radius 3 is 2.85 bits per heavy atom. The lowest BCUT2D eigenvalue weighted by molar-refractivity contribution is 0.0963. The summed E-state index contributed by atoms with van der Waals surface area (Å²) in [6.45, 7) is 0.793. The lowest BCUT2D eigenvalue weighted by atomic mass is 10.0. The van der Waals surface area contributed by atoms with Crippen molar-refractivity contribution in [1.29, 1.82) is 0 Å². The molecule has 1 amide bonds. The molecule has 0 saturated carbocycles. The molecule has 1 N–H and O–H groups in total. The molecule has 2 aliphatic rings. The second kappa shape index (κ2) is 10.6. The Bertz CT molecular complexity index is 1670. The predicted octanol–water partition coefficient (Wildman–Crippen LogP) is 3.45. The van der Waals surface area contributed by atoms with Gasteiger partial charge in [-0.3, -0.25) is 9.48 Å². The van der Waals surface area contributed by atoms with Gasteiger partial charge in [-0.05, 0) is 38.1 Å². The Balaban J connectivity index is 1.42. The molecular weight excluding hydrogens is 520 g/mol. The first kappa shape index (κ1) is 22.9. The zero-order chi connectivity index (χ0) is 30.5. The molecule has 3 aromatic heterocycles. The first-order valence-corrected chi connectivity index (χ1v) is 13.1. The predicted molar refractivity (Wildman–Crippen MR) is 144 cm³/mol. The molecule has 0 aliphatic carbocycles. The van der Waals surface area contributed by atoms with Crippen LogP contribution in [0.5, 0.6) is 5.88 Å². The van der Waals surface area contributed by atoms with Crippen molar-refractivity contribution in [3.63, 3.8) is 0 Å². The molecule has 210 valence electrons. The van der Waals surface area contributed by atoms with E-state index in [4.69, 9.17) is 18.6 Å². The van der Waals surface area contributed by atoms with Crippen molar-refractivity contribution in [2.75, 3.05) is 40.3 Å². The van der Waals surface area contributed by atoms with Gasteiger partial charge in [0.05, 0.1) is 37.2 Å². The Morgan fingerprint density at radius 1 is 1.20 bits per heavy atom. The van der Waals surface area contributed by atoms with Gasteiger partial charge in [-0.25, -0.2) is 13.3 Å². The van der Waals surface area contributed by atoms with Crippen LogP contribution in [0.3, 0.4) is 0 Å². The maximum Gasteiger partial charge on any atom is 0.251 e. The molecule has 0 radical (unpaired) electrons. The first-order valence-electron chi connectivity index (χ1n) is 14.6. The number of nitrogens with one attached hydrogen (secondary N) is 1. The molecule has 3 atom stereocenters. The van der Waals surface area contributed by atoms with Gasteiger partial charge in [-0.15, -0.1) is 0 Å². The van der Waals surface area contributed by atoms with Gasteiger partial charge in [0, 0.05) is 65.2 Å². The van der Waals surface area contributed by atoms with E-state index in [0.29, 0.717) is 43.7 Å². The lowest BCUT2D eigenvalue weighted by Crippen LogP contribution is -2.40. The van der Waals surface area contributed by atoms with Gasteiger partial charge in [0.15, 0.2) is 5.65 Å². The van der Waals surface area contributed by atoms with Gasteiger partial charge in [-0.1, -0.05) is 0 Å². The molecule has 1 aromatic carbocycles. The zero-order valence-corrected chi connectivity index (χ0v) is 22.1. The number of aromatic nitrogens is 5. The third kappa shape index (κ3) is 4.81. The van der Waals surface area contributed by atoms with Crippen LogP contribution in [-0.4, -0.2) is 87.8 Å². The highest BCUT2D eigenvalue weighted by atomic mass is 19.1. The van der Waals surface area contributed by atoms with Crippen molar-refractivity contribution in [2.45, 2.75) is 38.1 Å². The summed E-state index contributed by atoms with van der Waals surface area (Å²) in [5, 5.41) is 10.8. The van der Waals surface area contributed by atoms with Crippen molar-refractivity contribution in [3.05, 3.63) is 53.9 Å². The topological polar surface area (TPSA) is 98.8 Å². The quantitative estimate of drug-likeness (QED) is 0.390. The number of ether oxygens (including phenoxy) is 2. The highest BCUT2D eigenvalue weighted by molar-refractivity contribution is 5.96. The van der Waals surface area contributed by atoms with Gasteiger partial charge >= 0.3 is 0 Å². The number of fused-ring (bicyclic) bond motifs is 1. The van der Waals surface area contributed by atoms with E-state index in [-0.39, 0.29) is 39.9 Å². The van der Waals surface area contributed by atoms with Crippen LogP contribution >= 0.6 is 0 Å². The fourth-order valence-electron chi connectivity index (χ4n) is 5.31. The fraction of sp³-hybridized carbons (Fsp3) is 0.429. The minimum atomic E-state index is -2.70. The molecule has 0 spiro atoms. The number of carbonyl (C=O) groups excluding carboxylic acids is 1. The molecule has 4 aromatic rings. The number of piperidine rings is 1. The molecule has 6 rings (SSSR count). The van der Waals surface area contributed by atoms with Gasteiger partial charge in [0.1, 0.15) is 18.1 Å². The number of likely N-dealkylation sites (tertiary alicyclic amines) is 1. The molecule has 10 nitrogen and oxygen atoms in total. The largest absolute Gasteiger partial charge is 0.471 e. The summed E-state index contributed by atoms with van der Waals surface area (Å²) in [7, 11) is 1.89. The number of nitrogens with zero attached hydrogens (tertiary/aromatic N) is 6. The average Bonchev–Trinajstić information content (AvgIpc) is 3.70. The zero-order valence-electron chi connectivity index (χ0n) is 25.1. The Hall–Kier alpha value is -3.90. The summed E-state index contributed by atoms with van der Waals surface area (Å²) < 4.78 is 67.3. The monoisotopic (exact) mass is 554 g/mol. The third-order valence-corrected chi connectivity index (χ3v) is 7.51. The molecule has 5 heterocycles. The van der Waals surface area contributed by atoms with E-state index in [9.17, 15) is 9.18 Å². The number of hydrogen-bond donors (Lipinski definition) is 1. The van der Waals surface area contributed by atoms with Gasteiger partial charge in [0.25, 0.3) is 5.91 Å². The van der Waals surface area contributed by atoms with E-state index < -0.39 is 30.9 Å². The fourth-order valence-corrected chi connectivity index (χ4v) is 5.31. The molecule has 40 heavy (non-hydrogen) atoms. The van der Waals surface area contributed by atoms with Gasteiger partial charge in [0.2, 0.25) is 5.88 Å². The van der Waals surface area contributed by atoms with E-state index in [1.165, 1.54) is 29.8 Å². The summed E-state index contributed by atoms with van der Waals surface area (Å²) in [6, 6.07) is 2.17. The molecular formula is C28H31F2N7O3. The number of benzene rings is 1. The van der Waals surface area contributed by atoms with Crippen molar-refractivity contribution < 1.29 is 27.2 Å². The van der Waals surface area contributed by atoms with Crippen LogP contribution in [0.4, 0.5) is 8.78 Å². The van der Waals surface area contributed by atoms with Crippen molar-refractivity contribution >= 4 is 11.6 Å². The standard InChI is InChI=1S/C28H31F2N7O3/c1-16-8-17(27(38)31-2)9-20(25(16)30)21-11-33-37-13-22(28(34-26(21)37)40-19-5-7-39-15-19)18-10-32-36(12-18)24-4-6-35(3)14-23(24)29/h8-13,19,23-24H,4-7,14-15H2,1-3H3,(H,31,38)/t19-,23+,24+/m0/s1/i2D3. The molecule has 0 bridgehead atoms. The minimum absolute atomic E-state index is 0.0203. The SMILES string of the molecule is [2H]C([2H])([2H])NC(=O)c1cc(C)c(F)c(-c2cnn3cc(-c4cnn([C@@H]5CCN(C)C[C@H]5F)c4)c(O[C@H]4CCOC4)nc23)c1. The number of carbonyl (C=O) groups is 1. The number of aryl methyl sites for hydroxylation is 1. The average molecular weight is 555 g/mol. The second-order valence-corrected chi connectivity index (χ2v) is 10.3. The molecule has 2 saturated heterocycles. The van der Waals surface area contributed by atoms with Crippen molar-refractivity contribution in [1.82, 2.24) is 34.6 Å². The minimum Gasteiger partial charge on any atom is -0.471 e. The summed E-state index contributed by atoms with van der Waals surface area (Å²) in [6.07, 6.45) is 6.47. The Morgan fingerprint density at radius 2 is 2.08 bits per heavy atom. The first-order chi connectivity index (χ1) is 20.5. The molecule has 0 unspecified atom stereocenters. The van der Waals surface area contributed by atoms with E-state index in [2.05, 4.69) is 10.2 Å². The molecule has 12 heteroatoms. The van der Waals surface area contributed by atoms with E-state index in [0.717, 1.165) is 6.54 Å².